The van der Waals surface area contributed by atoms with E-state index in [0.717, 1.165) is 23.4 Å². The van der Waals surface area contributed by atoms with Gasteiger partial charge in [-0.2, -0.15) is 0 Å². The Kier molecular flexibility index (Phi) is 8.63. The van der Waals surface area contributed by atoms with Crippen LogP contribution < -0.4 is 4.74 Å². The number of hydrogen-bond donors (Lipinski definition) is 0. The minimum atomic E-state index is 0.681. The predicted octanol–water partition coefficient (Wildman–Crippen LogP) is 5.78. The Bertz CT molecular complexity index is 662. The highest BCUT2D eigenvalue weighted by Crippen LogP contribution is 2.12. The first-order valence-corrected chi connectivity index (χ1v) is 9.51. The van der Waals surface area contributed by atoms with Gasteiger partial charge in [0.2, 0.25) is 0 Å². The van der Waals surface area contributed by atoms with E-state index in [1.807, 2.05) is 43.5 Å². The molecule has 0 unspecified atom stereocenters. The predicted molar refractivity (Wildman–Crippen MR) is 105 cm³/mol. The molecule has 0 aliphatic heterocycles. The number of rotatable bonds is 9. The van der Waals surface area contributed by atoms with Crippen molar-refractivity contribution in [2.24, 2.45) is 0 Å². The van der Waals surface area contributed by atoms with Gasteiger partial charge < -0.3 is 4.74 Å². The molecule has 0 N–H and O–H groups in total. The molecule has 0 fully saturated rings. The SMILES string of the molecule is CCCCCCCCc1ccc(C#Cc2ccc(OCC)cc2)nc1. The maximum Gasteiger partial charge on any atom is 0.119 e. The number of nitrogens with zero attached hydrogens (tertiary/aromatic N) is 1. The zero-order valence-electron chi connectivity index (χ0n) is 15.6. The zero-order valence-corrected chi connectivity index (χ0v) is 15.6. The van der Waals surface area contributed by atoms with Crippen molar-refractivity contribution >= 4 is 0 Å². The first kappa shape index (κ1) is 19.1. The van der Waals surface area contributed by atoms with Gasteiger partial charge in [0, 0.05) is 11.8 Å². The van der Waals surface area contributed by atoms with E-state index in [1.54, 1.807) is 0 Å². The van der Waals surface area contributed by atoms with Crippen LogP contribution >= 0.6 is 0 Å². The molecule has 2 nitrogen and oxygen atoms in total. The van der Waals surface area contributed by atoms with Crippen LogP contribution in [0.5, 0.6) is 5.75 Å². The average molecular weight is 335 g/mol. The normalized spacial score (nSPS) is 10.2. The van der Waals surface area contributed by atoms with E-state index in [4.69, 9.17) is 4.74 Å². The number of unbranched alkanes of at least 4 members (excludes halogenated alkanes) is 5. The summed E-state index contributed by atoms with van der Waals surface area (Å²) in [6.07, 6.45) is 11.1. The first-order valence-electron chi connectivity index (χ1n) is 9.51. The molecule has 0 spiro atoms. The van der Waals surface area contributed by atoms with Crippen molar-refractivity contribution in [3.05, 3.63) is 59.4 Å². The molecule has 1 aromatic heterocycles. The maximum atomic E-state index is 5.44. The zero-order chi connectivity index (χ0) is 17.7. The quantitative estimate of drug-likeness (QED) is 0.428. The monoisotopic (exact) mass is 335 g/mol. The van der Waals surface area contributed by atoms with E-state index in [0.29, 0.717) is 6.61 Å². The highest BCUT2D eigenvalue weighted by atomic mass is 16.5. The van der Waals surface area contributed by atoms with Crippen LogP contribution in [0.15, 0.2) is 42.6 Å². The summed E-state index contributed by atoms with van der Waals surface area (Å²) in [4.78, 5) is 4.47. The number of aryl methyl sites for hydroxylation is 1. The van der Waals surface area contributed by atoms with Gasteiger partial charge in [0.05, 0.1) is 6.61 Å². The van der Waals surface area contributed by atoms with Crippen molar-refractivity contribution in [2.45, 2.75) is 58.8 Å². The second-order valence-corrected chi connectivity index (χ2v) is 6.28. The lowest BCUT2D eigenvalue weighted by Crippen LogP contribution is -1.91. The summed E-state index contributed by atoms with van der Waals surface area (Å²) < 4.78 is 5.44. The number of pyridine rings is 1. The molecule has 0 saturated carbocycles. The van der Waals surface area contributed by atoms with Crippen LogP contribution in [0.2, 0.25) is 0 Å². The summed E-state index contributed by atoms with van der Waals surface area (Å²) in [5.74, 6) is 7.16. The third-order valence-electron chi connectivity index (χ3n) is 4.14. The Hall–Kier alpha value is -2.27. The van der Waals surface area contributed by atoms with Crippen molar-refractivity contribution in [1.82, 2.24) is 4.98 Å². The summed E-state index contributed by atoms with van der Waals surface area (Å²) in [7, 11) is 0. The molecule has 1 aromatic carbocycles. The van der Waals surface area contributed by atoms with E-state index in [-0.39, 0.29) is 0 Å². The molecular weight excluding hydrogens is 306 g/mol. The van der Waals surface area contributed by atoms with Crippen LogP contribution in [-0.2, 0) is 6.42 Å². The van der Waals surface area contributed by atoms with E-state index < -0.39 is 0 Å². The van der Waals surface area contributed by atoms with E-state index in [1.165, 1.54) is 44.1 Å². The smallest absolute Gasteiger partial charge is 0.119 e. The minimum Gasteiger partial charge on any atom is -0.494 e. The molecule has 2 rings (SSSR count). The highest BCUT2D eigenvalue weighted by molar-refractivity contribution is 5.42. The van der Waals surface area contributed by atoms with Crippen LogP contribution in [-0.4, -0.2) is 11.6 Å². The van der Waals surface area contributed by atoms with Gasteiger partial charge in [-0.3, -0.25) is 0 Å². The molecule has 25 heavy (non-hydrogen) atoms. The Balaban J connectivity index is 1.80. The largest absolute Gasteiger partial charge is 0.494 e. The van der Waals surface area contributed by atoms with Gasteiger partial charge in [0.25, 0.3) is 0 Å². The van der Waals surface area contributed by atoms with Gasteiger partial charge in [-0.1, -0.05) is 51.0 Å². The Morgan fingerprint density at radius 1 is 0.840 bits per heavy atom. The lowest BCUT2D eigenvalue weighted by molar-refractivity contribution is 0.340. The highest BCUT2D eigenvalue weighted by Gasteiger charge is 1.96. The standard InChI is InChI=1S/C23H29NO/c1-3-5-6-7-8-9-10-21-12-16-22(24-19-21)15-11-20-13-17-23(18-14-20)25-4-2/h12-14,16-19H,3-10H2,1-2H3. The average Bonchev–Trinajstić information content (AvgIpc) is 2.65. The van der Waals surface area contributed by atoms with Crippen LogP contribution in [0.25, 0.3) is 0 Å². The van der Waals surface area contributed by atoms with Gasteiger partial charge in [-0.15, -0.1) is 0 Å². The fourth-order valence-electron chi connectivity index (χ4n) is 2.69. The summed E-state index contributed by atoms with van der Waals surface area (Å²) >= 11 is 0. The number of benzene rings is 1. The molecule has 0 aliphatic rings. The summed E-state index contributed by atoms with van der Waals surface area (Å²) in [6, 6.07) is 12.0. The number of aromatic nitrogens is 1. The molecule has 0 amide bonds. The van der Waals surface area contributed by atoms with Crippen LogP contribution in [0.3, 0.4) is 0 Å². The lowest BCUT2D eigenvalue weighted by atomic mass is 10.1. The van der Waals surface area contributed by atoms with Crippen LogP contribution in [0.4, 0.5) is 0 Å². The van der Waals surface area contributed by atoms with Gasteiger partial charge in [-0.05, 0) is 61.6 Å². The number of ether oxygens (including phenoxy) is 1. The fraction of sp³-hybridized carbons (Fsp3) is 0.435. The molecule has 1 heterocycles. The lowest BCUT2D eigenvalue weighted by Gasteiger charge is -2.02. The Morgan fingerprint density at radius 3 is 2.28 bits per heavy atom. The van der Waals surface area contributed by atoms with Crippen molar-refractivity contribution in [3.63, 3.8) is 0 Å². The molecule has 0 radical (unpaired) electrons. The summed E-state index contributed by atoms with van der Waals surface area (Å²) in [6.45, 7) is 4.92. The molecular formula is C23H29NO. The third kappa shape index (κ3) is 7.44. The van der Waals surface area contributed by atoms with Gasteiger partial charge in [-0.25, -0.2) is 4.98 Å². The summed E-state index contributed by atoms with van der Waals surface area (Å²) in [5.41, 5.74) is 3.10. The van der Waals surface area contributed by atoms with Gasteiger partial charge in [0.15, 0.2) is 0 Å². The Labute approximate surface area is 152 Å². The topological polar surface area (TPSA) is 22.1 Å². The molecule has 2 heteroatoms. The van der Waals surface area contributed by atoms with Crippen molar-refractivity contribution in [2.75, 3.05) is 6.61 Å². The van der Waals surface area contributed by atoms with E-state index >= 15 is 0 Å². The Morgan fingerprint density at radius 2 is 1.60 bits per heavy atom. The minimum absolute atomic E-state index is 0.681. The van der Waals surface area contributed by atoms with Gasteiger partial charge in [0.1, 0.15) is 11.4 Å². The third-order valence-corrected chi connectivity index (χ3v) is 4.14. The molecule has 0 aliphatic carbocycles. The van der Waals surface area contributed by atoms with Crippen molar-refractivity contribution < 1.29 is 4.74 Å². The molecule has 0 atom stereocenters. The van der Waals surface area contributed by atoms with Crippen LogP contribution in [0, 0.1) is 11.8 Å². The molecule has 0 bridgehead atoms. The van der Waals surface area contributed by atoms with E-state index in [9.17, 15) is 0 Å². The second kappa shape index (κ2) is 11.3. The molecule has 2 aromatic rings. The molecule has 0 saturated heterocycles. The number of hydrogen-bond acceptors (Lipinski definition) is 2. The summed E-state index contributed by atoms with van der Waals surface area (Å²) in [5, 5.41) is 0. The molecule has 132 valence electrons. The second-order valence-electron chi connectivity index (χ2n) is 6.28. The van der Waals surface area contributed by atoms with Crippen molar-refractivity contribution in [3.8, 4) is 17.6 Å². The van der Waals surface area contributed by atoms with Gasteiger partial charge >= 0.3 is 0 Å². The first-order chi connectivity index (χ1) is 12.3. The fourth-order valence-corrected chi connectivity index (χ4v) is 2.69. The van der Waals surface area contributed by atoms with E-state index in [2.05, 4.69) is 29.8 Å². The maximum absolute atomic E-state index is 5.44. The van der Waals surface area contributed by atoms with Crippen LogP contribution in [0.1, 0.15) is 69.2 Å². The van der Waals surface area contributed by atoms with Crippen molar-refractivity contribution in [1.29, 1.82) is 0 Å².